The summed E-state index contributed by atoms with van der Waals surface area (Å²) in [6.07, 6.45) is 8.10. The Kier molecular flexibility index (Phi) is 8.77. The molecule has 41 heavy (non-hydrogen) atoms. The van der Waals surface area contributed by atoms with Gasteiger partial charge in [0.1, 0.15) is 23.3 Å². The predicted octanol–water partition coefficient (Wildman–Crippen LogP) is 4.81. The maximum absolute atomic E-state index is 13.9. The number of nitro groups is 1. The fourth-order valence-electron chi connectivity index (χ4n) is 5.34. The second-order valence-corrected chi connectivity index (χ2v) is 11.6. The minimum atomic E-state index is -0.691. The number of hydrogen-bond acceptors (Lipinski definition) is 8. The summed E-state index contributed by atoms with van der Waals surface area (Å²) in [4.78, 5) is 45.0. The second kappa shape index (κ2) is 12.6. The Morgan fingerprint density at radius 1 is 1.07 bits per heavy atom. The lowest BCUT2D eigenvalue weighted by Gasteiger charge is -2.32. The van der Waals surface area contributed by atoms with Gasteiger partial charge in [0.15, 0.2) is 0 Å². The van der Waals surface area contributed by atoms with Crippen molar-refractivity contribution in [2.75, 3.05) is 26.7 Å². The highest BCUT2D eigenvalue weighted by Gasteiger charge is 2.52. The van der Waals surface area contributed by atoms with E-state index < -0.39 is 21.9 Å². The van der Waals surface area contributed by atoms with Crippen molar-refractivity contribution in [1.82, 2.24) is 19.4 Å². The van der Waals surface area contributed by atoms with Crippen molar-refractivity contribution in [3.05, 3.63) is 88.5 Å². The zero-order valence-electron chi connectivity index (χ0n) is 22.9. The van der Waals surface area contributed by atoms with Crippen LogP contribution in [-0.4, -0.2) is 69.1 Å². The van der Waals surface area contributed by atoms with E-state index in [-0.39, 0.29) is 24.7 Å². The molecule has 2 aliphatic rings. The van der Waals surface area contributed by atoms with Gasteiger partial charge in [0.2, 0.25) is 5.91 Å². The molecule has 5 rings (SSSR count). The van der Waals surface area contributed by atoms with E-state index in [1.165, 1.54) is 12.1 Å². The summed E-state index contributed by atoms with van der Waals surface area (Å²) in [6.45, 7) is 1.55. The standard InChI is InChI=1S/C29H33N5O6S/c1-39-25-11-7-23(8-12-25)19-41-29(32-16-13-30-21-32)17-26(27(35)31-14-3-2-4-15-31)33(20-29)28(36)40-18-22-5-9-24(10-6-22)34(37)38/h5-13,16,21,26H,2-4,14-15,17-20H2,1H3/t26-,29-/m0/s1. The van der Waals surface area contributed by atoms with Crippen LogP contribution < -0.4 is 4.74 Å². The van der Waals surface area contributed by atoms with E-state index in [0.29, 0.717) is 30.8 Å². The topological polar surface area (TPSA) is 120 Å². The third kappa shape index (κ3) is 6.48. The normalized spacial score (nSPS) is 20.6. The van der Waals surface area contributed by atoms with Crippen molar-refractivity contribution in [3.8, 4) is 5.75 Å². The molecule has 0 N–H and O–H groups in total. The Hall–Kier alpha value is -4.06. The van der Waals surface area contributed by atoms with Gasteiger partial charge in [-0.25, -0.2) is 9.78 Å². The van der Waals surface area contributed by atoms with E-state index in [1.54, 1.807) is 48.4 Å². The van der Waals surface area contributed by atoms with Gasteiger partial charge in [0.05, 0.1) is 24.9 Å². The molecule has 2 saturated heterocycles. The molecule has 0 spiro atoms. The van der Waals surface area contributed by atoms with Crippen LogP contribution in [0.5, 0.6) is 5.75 Å². The number of thioether (sulfide) groups is 1. The number of hydrogen-bond donors (Lipinski definition) is 0. The lowest BCUT2D eigenvalue weighted by molar-refractivity contribution is -0.384. The number of nitro benzene ring substituents is 1. The van der Waals surface area contributed by atoms with Crippen molar-refractivity contribution >= 4 is 29.4 Å². The molecule has 0 unspecified atom stereocenters. The number of amides is 2. The van der Waals surface area contributed by atoms with E-state index in [2.05, 4.69) is 4.98 Å². The summed E-state index contributed by atoms with van der Waals surface area (Å²) < 4.78 is 13.0. The van der Waals surface area contributed by atoms with Crippen LogP contribution in [0.25, 0.3) is 0 Å². The number of imidazole rings is 1. The van der Waals surface area contributed by atoms with Crippen LogP contribution in [0.1, 0.15) is 36.8 Å². The van der Waals surface area contributed by atoms with Crippen LogP contribution in [-0.2, 0) is 26.8 Å². The third-order valence-electron chi connectivity index (χ3n) is 7.64. The summed E-state index contributed by atoms with van der Waals surface area (Å²) in [6, 6.07) is 13.0. The molecule has 1 aromatic heterocycles. The first-order valence-corrected chi connectivity index (χ1v) is 14.6. The smallest absolute Gasteiger partial charge is 0.410 e. The summed E-state index contributed by atoms with van der Waals surface area (Å²) >= 11 is 1.66. The van der Waals surface area contributed by atoms with Crippen molar-refractivity contribution in [2.45, 2.75) is 49.0 Å². The Labute approximate surface area is 242 Å². The number of methoxy groups -OCH3 is 1. The number of likely N-dealkylation sites (tertiary alicyclic amines) is 2. The number of benzene rings is 2. The zero-order chi connectivity index (χ0) is 28.8. The predicted molar refractivity (Wildman–Crippen MR) is 153 cm³/mol. The molecule has 0 bridgehead atoms. The quantitative estimate of drug-likeness (QED) is 0.262. The lowest BCUT2D eigenvalue weighted by atomic mass is 10.1. The molecule has 2 fully saturated rings. The average molecular weight is 580 g/mol. The van der Waals surface area contributed by atoms with E-state index in [9.17, 15) is 19.7 Å². The van der Waals surface area contributed by atoms with Gasteiger partial charge in [-0.15, -0.1) is 11.8 Å². The molecule has 0 radical (unpaired) electrons. The average Bonchev–Trinajstić information content (AvgIpc) is 3.69. The monoisotopic (exact) mass is 579 g/mol. The molecule has 0 aliphatic carbocycles. The van der Waals surface area contributed by atoms with E-state index in [0.717, 1.165) is 30.6 Å². The van der Waals surface area contributed by atoms with Crippen molar-refractivity contribution < 1.29 is 24.0 Å². The third-order valence-corrected chi connectivity index (χ3v) is 9.17. The maximum Gasteiger partial charge on any atom is 0.410 e. The number of aromatic nitrogens is 2. The number of rotatable bonds is 9. The molecule has 2 aromatic carbocycles. The summed E-state index contributed by atoms with van der Waals surface area (Å²) in [5.41, 5.74) is 1.68. The molecule has 216 valence electrons. The molecule has 3 heterocycles. The van der Waals surface area contributed by atoms with Gasteiger partial charge in [-0.1, -0.05) is 12.1 Å². The number of piperidine rings is 1. The number of non-ortho nitro benzene ring substituents is 1. The first kappa shape index (κ1) is 28.5. The Bertz CT molecular complexity index is 1350. The maximum atomic E-state index is 13.9. The van der Waals surface area contributed by atoms with Gasteiger partial charge < -0.3 is 18.9 Å². The van der Waals surface area contributed by atoms with Crippen LogP contribution in [0.15, 0.2) is 67.3 Å². The molecule has 11 nitrogen and oxygen atoms in total. The fourth-order valence-corrected chi connectivity index (χ4v) is 6.73. The van der Waals surface area contributed by atoms with Crippen LogP contribution in [0.3, 0.4) is 0 Å². The first-order chi connectivity index (χ1) is 19.9. The Morgan fingerprint density at radius 3 is 2.41 bits per heavy atom. The van der Waals surface area contributed by atoms with Crippen LogP contribution in [0.4, 0.5) is 10.5 Å². The van der Waals surface area contributed by atoms with Gasteiger partial charge in [-0.2, -0.15) is 0 Å². The number of carbonyl (C=O) groups is 2. The fraction of sp³-hybridized carbons (Fsp3) is 0.414. The van der Waals surface area contributed by atoms with Gasteiger partial charge in [-0.05, 0) is 54.7 Å². The number of carbonyl (C=O) groups excluding carboxylic acids is 2. The second-order valence-electron chi connectivity index (χ2n) is 10.3. The van der Waals surface area contributed by atoms with Crippen molar-refractivity contribution in [2.24, 2.45) is 0 Å². The molecule has 2 aliphatic heterocycles. The SMILES string of the molecule is COc1ccc(CS[C@@]2(n3ccnc3)C[C@@H](C(=O)N3CCCCC3)N(C(=O)OCc3ccc([N+](=O)[O-])cc3)C2)cc1. The highest BCUT2D eigenvalue weighted by atomic mass is 32.2. The van der Waals surface area contributed by atoms with Crippen LogP contribution in [0.2, 0.25) is 0 Å². The highest BCUT2D eigenvalue weighted by Crippen LogP contribution is 2.45. The Balaban J connectivity index is 1.38. The summed E-state index contributed by atoms with van der Waals surface area (Å²) in [5.74, 6) is 1.36. The molecule has 2 atom stereocenters. The Morgan fingerprint density at radius 2 is 1.78 bits per heavy atom. The van der Waals surface area contributed by atoms with E-state index in [1.807, 2.05) is 39.9 Å². The van der Waals surface area contributed by atoms with Gasteiger partial charge in [0, 0.05) is 49.8 Å². The van der Waals surface area contributed by atoms with Gasteiger partial charge in [-0.3, -0.25) is 19.8 Å². The van der Waals surface area contributed by atoms with Gasteiger partial charge >= 0.3 is 6.09 Å². The minimum Gasteiger partial charge on any atom is -0.497 e. The van der Waals surface area contributed by atoms with Crippen LogP contribution >= 0.6 is 11.8 Å². The minimum absolute atomic E-state index is 0.0363. The number of ether oxygens (including phenoxy) is 2. The van der Waals surface area contributed by atoms with E-state index in [4.69, 9.17) is 9.47 Å². The molecule has 12 heteroatoms. The van der Waals surface area contributed by atoms with Gasteiger partial charge in [0.25, 0.3) is 5.69 Å². The largest absolute Gasteiger partial charge is 0.497 e. The molecule has 3 aromatic rings. The molecular formula is C29H33N5O6S. The lowest BCUT2D eigenvalue weighted by Crippen LogP contribution is -2.49. The molecular weight excluding hydrogens is 546 g/mol. The molecule has 2 amide bonds. The molecule has 0 saturated carbocycles. The summed E-state index contributed by atoms with van der Waals surface area (Å²) in [7, 11) is 1.63. The van der Waals surface area contributed by atoms with Crippen molar-refractivity contribution in [3.63, 3.8) is 0 Å². The van der Waals surface area contributed by atoms with Crippen LogP contribution in [0, 0.1) is 10.1 Å². The van der Waals surface area contributed by atoms with E-state index >= 15 is 0 Å². The van der Waals surface area contributed by atoms with Crippen molar-refractivity contribution in [1.29, 1.82) is 0 Å². The first-order valence-electron chi connectivity index (χ1n) is 13.6. The highest BCUT2D eigenvalue weighted by molar-refractivity contribution is 7.99. The zero-order valence-corrected chi connectivity index (χ0v) is 23.7. The number of nitrogens with zero attached hydrogens (tertiary/aromatic N) is 5. The summed E-state index contributed by atoms with van der Waals surface area (Å²) in [5, 5.41) is 11.0.